The number of hydrogen-bond acceptors (Lipinski definition) is 20. The first-order valence-corrected chi connectivity index (χ1v) is 31.3. The van der Waals surface area contributed by atoms with E-state index in [4.69, 9.17) is 26.7 Å². The quantitative estimate of drug-likeness (QED) is 0.0107. The van der Waals surface area contributed by atoms with Crippen LogP contribution < -0.4 is 43.2 Å². The predicted octanol–water partition coefficient (Wildman–Crippen LogP) is 0.745. The third-order valence-electron chi connectivity index (χ3n) is 13.6. The number of sulfone groups is 1. The predicted molar refractivity (Wildman–Crippen MR) is 310 cm³/mol. The number of anilines is 2. The molecular formula is C52H78F3N9O21S3. The molecule has 0 heterocycles. The third kappa shape index (κ3) is 29.0. The van der Waals surface area contributed by atoms with Crippen LogP contribution >= 0.6 is 12.6 Å². The highest BCUT2D eigenvalue weighted by Gasteiger charge is 2.37. The van der Waals surface area contributed by atoms with Crippen molar-refractivity contribution in [3.8, 4) is 0 Å². The van der Waals surface area contributed by atoms with E-state index in [2.05, 4.69) is 38.9 Å². The molecule has 0 saturated heterocycles. The van der Waals surface area contributed by atoms with E-state index in [0.29, 0.717) is 25.7 Å². The van der Waals surface area contributed by atoms with Gasteiger partial charge >= 0.3 is 23.9 Å². The lowest BCUT2D eigenvalue weighted by molar-refractivity contribution is -0.144. The fourth-order valence-electron chi connectivity index (χ4n) is 8.96. The lowest BCUT2D eigenvalue weighted by Gasteiger charge is -2.25. The second-order valence-corrected chi connectivity index (χ2v) is 23.8. The minimum absolute atomic E-state index is 0.00810. The van der Waals surface area contributed by atoms with Crippen LogP contribution in [0.1, 0.15) is 122 Å². The number of nitrogens with zero attached hydrogens (tertiary/aromatic N) is 1. The number of Topliss-reactive ketones (excluding diaryl/α,β-unsaturated/α-hetero) is 4. The number of rotatable bonds is 45. The first-order chi connectivity index (χ1) is 41.4. The molecule has 2 rings (SSSR count). The number of ether oxygens (including phenoxy) is 2. The van der Waals surface area contributed by atoms with Crippen LogP contribution in [0.5, 0.6) is 0 Å². The fourth-order valence-corrected chi connectivity index (χ4v) is 11.1. The number of carboxylic acids is 4. The Labute approximate surface area is 512 Å². The number of hydrogen-bond donors (Lipinski definition) is 14. The lowest BCUT2D eigenvalue weighted by Crippen LogP contribution is -2.53. The number of carbonyl (C=O) groups excluding carboxylic acids is 7. The third-order valence-corrected chi connectivity index (χ3v) is 16.2. The molecule has 88 heavy (non-hydrogen) atoms. The van der Waals surface area contributed by atoms with Crippen LogP contribution in [0.15, 0.2) is 9.89 Å². The van der Waals surface area contributed by atoms with Crippen molar-refractivity contribution in [1.82, 2.24) is 16.0 Å². The van der Waals surface area contributed by atoms with Gasteiger partial charge in [-0.05, 0) is 32.1 Å². The smallest absolute Gasteiger partial charge is 0.307 e. The minimum atomic E-state index is -4.89. The number of carboxylic acid groups (broad SMARTS) is 4. The second kappa shape index (κ2) is 39.9. The molecule has 496 valence electrons. The molecule has 0 spiro atoms. The van der Waals surface area contributed by atoms with Crippen LogP contribution in [0.3, 0.4) is 0 Å². The molecule has 1 aromatic carbocycles. The van der Waals surface area contributed by atoms with Crippen molar-refractivity contribution < 1.29 is 113 Å². The molecular weight excluding hydrogens is 1240 g/mol. The molecule has 4 unspecified atom stereocenters. The topological polar surface area (TPSA) is 509 Å². The number of nitrogens with two attached hydrogens (primary N) is 3. The molecule has 0 radical (unpaired) electrons. The molecule has 36 heteroatoms. The number of guanidine groups is 1. The summed E-state index contributed by atoms with van der Waals surface area (Å²) in [5.41, 5.74) is 14.3. The van der Waals surface area contributed by atoms with Crippen molar-refractivity contribution in [2.24, 2.45) is 39.9 Å². The van der Waals surface area contributed by atoms with Crippen LogP contribution in [-0.2, 0) is 83.3 Å². The highest BCUT2D eigenvalue weighted by molar-refractivity contribution is 7.91. The molecule has 30 nitrogen and oxygen atoms in total. The van der Waals surface area contributed by atoms with Crippen molar-refractivity contribution in [2.45, 2.75) is 151 Å². The van der Waals surface area contributed by atoms with Gasteiger partial charge in [-0.25, -0.2) is 25.8 Å². The molecule has 1 aliphatic carbocycles. The van der Waals surface area contributed by atoms with Crippen molar-refractivity contribution in [2.75, 3.05) is 61.1 Å². The van der Waals surface area contributed by atoms with Crippen LogP contribution in [0.4, 0.5) is 24.5 Å². The summed E-state index contributed by atoms with van der Waals surface area (Å²) in [4.78, 5) is 141. The van der Waals surface area contributed by atoms with Gasteiger partial charge in [0.15, 0.2) is 44.8 Å². The summed E-state index contributed by atoms with van der Waals surface area (Å²) in [6.45, 7) is -1.31. The molecule has 16 N–H and O–H groups in total. The first kappa shape index (κ1) is 77.2. The minimum Gasteiger partial charge on any atom is -0.481 e. The molecule has 0 aliphatic heterocycles. The summed E-state index contributed by atoms with van der Waals surface area (Å²) < 4.78 is 106. The monoisotopic (exact) mass is 1320 g/mol. The van der Waals surface area contributed by atoms with Gasteiger partial charge < -0.3 is 68.4 Å². The van der Waals surface area contributed by atoms with Crippen molar-refractivity contribution in [1.29, 1.82) is 0 Å². The van der Waals surface area contributed by atoms with E-state index >= 15 is 13.2 Å². The van der Waals surface area contributed by atoms with Gasteiger partial charge in [-0.1, -0.05) is 32.1 Å². The Bertz CT molecular complexity index is 2790. The molecule has 7 atom stereocenters. The van der Waals surface area contributed by atoms with Gasteiger partial charge in [-0.3, -0.25) is 67.0 Å². The lowest BCUT2D eigenvalue weighted by atomic mass is 9.91. The average Bonchev–Trinajstić information content (AvgIpc) is 0.939. The second-order valence-electron chi connectivity index (χ2n) is 20.7. The Morgan fingerprint density at radius 2 is 1.20 bits per heavy atom. The molecule has 1 aromatic rings. The largest absolute Gasteiger partial charge is 0.481 e. The number of aliphatic imine (C=N–C) groups is 1. The molecule has 0 aromatic heterocycles. The van der Waals surface area contributed by atoms with Gasteiger partial charge in [0.05, 0.1) is 80.4 Å². The van der Waals surface area contributed by atoms with Gasteiger partial charge in [0.1, 0.15) is 28.2 Å². The summed E-state index contributed by atoms with van der Waals surface area (Å²) >= 11 is 0.794. The van der Waals surface area contributed by atoms with Crippen LogP contribution in [0.2, 0.25) is 0 Å². The van der Waals surface area contributed by atoms with Crippen LogP contribution in [0, 0.1) is 35.2 Å². The average molecular weight is 1320 g/mol. The highest BCUT2D eigenvalue weighted by Crippen LogP contribution is 2.38. The van der Waals surface area contributed by atoms with Gasteiger partial charge in [0, 0.05) is 70.0 Å². The van der Waals surface area contributed by atoms with E-state index in [-0.39, 0.29) is 76.8 Å². The zero-order chi connectivity index (χ0) is 66.3. The number of thiol groups is 1. The Morgan fingerprint density at radius 3 is 1.77 bits per heavy atom. The standard InChI is InChI=1S/C52H78F3N9O21S3/c53-42-43(54)47(46(44(55)45(42)64-87(80)81)61-31-8-4-2-1-3-5-9-31)88(82,83)19-13-32(65)10-7-15-84-17-18-85-16-12-33(66)20-28(23-39(69)70)49(76)62-35(11-6-14-59-52(57)58)37(67)21-29(24-40(71)72)48(75)60-26-34(56)50(77)63-36(25-41(73)74)38(68)22-30(27-86)51(78)79/h28-31,34-36,61,64,86H,1-27,56H2,(H,60,75)(H,62,76)(H,63,77)(H,69,70)(H,71,72)(H,73,74)(H,78,79)(H,80,81)(H4,57,58,59)/t28?,29?,30-,34-,35?,36-/m0/s1. The number of aliphatic carboxylic acids is 4. The van der Waals surface area contributed by atoms with Gasteiger partial charge in [-0.15, -0.1) is 0 Å². The summed E-state index contributed by atoms with van der Waals surface area (Å²) in [6.07, 6.45) is -1.64. The molecule has 1 fully saturated rings. The van der Waals surface area contributed by atoms with Crippen molar-refractivity contribution in [3.63, 3.8) is 0 Å². The number of amides is 3. The number of benzene rings is 1. The van der Waals surface area contributed by atoms with E-state index in [9.17, 15) is 90.3 Å². The van der Waals surface area contributed by atoms with E-state index in [0.717, 1.165) is 19.3 Å². The maximum Gasteiger partial charge on any atom is 0.307 e. The van der Waals surface area contributed by atoms with E-state index in [1.807, 2.05) is 0 Å². The van der Waals surface area contributed by atoms with Crippen LogP contribution in [-0.4, -0.2) is 183 Å². The zero-order valence-corrected chi connectivity index (χ0v) is 50.5. The molecule has 1 saturated carbocycles. The number of carbonyl (C=O) groups is 11. The Balaban J connectivity index is 2.00. The fraction of sp³-hybridized carbons (Fsp3) is 0.654. The van der Waals surface area contributed by atoms with E-state index < -0.39 is 219 Å². The van der Waals surface area contributed by atoms with Crippen LogP contribution in [0.25, 0.3) is 0 Å². The van der Waals surface area contributed by atoms with Gasteiger partial charge in [0.25, 0.3) is 11.3 Å². The maximum absolute atomic E-state index is 15.7. The number of halogens is 3. The van der Waals surface area contributed by atoms with Crippen molar-refractivity contribution in [3.05, 3.63) is 17.5 Å². The van der Waals surface area contributed by atoms with Crippen molar-refractivity contribution >= 4 is 116 Å². The van der Waals surface area contributed by atoms with E-state index in [1.54, 1.807) is 4.72 Å². The Morgan fingerprint density at radius 1 is 0.648 bits per heavy atom. The molecule has 1 aliphatic rings. The SMILES string of the molecule is NC(N)=NCCCC(NC(=O)C(CC(=O)O)CC(=O)CCOCCOCCCC(=O)CCS(=O)(=O)c1c(F)c(F)c(NS(=O)O)c(F)c1NC1CCCCCCC1)C(=O)CC(CC(=O)O)C(=O)NC[C@H](N)C(=O)N[C@@H](CC(=O)O)C(=O)C[C@@H](CS)C(=O)O. The normalized spacial score (nSPS) is 15.2. The summed E-state index contributed by atoms with van der Waals surface area (Å²) in [5.74, 6) is -24.6. The van der Waals surface area contributed by atoms with Gasteiger partial charge in [0.2, 0.25) is 17.7 Å². The number of ketones is 4. The summed E-state index contributed by atoms with van der Waals surface area (Å²) in [5, 5.41) is 47.1. The van der Waals surface area contributed by atoms with E-state index in [1.165, 1.54) is 0 Å². The first-order valence-electron chi connectivity index (χ1n) is 27.9. The molecule has 3 amide bonds. The molecule has 0 bridgehead atoms. The van der Waals surface area contributed by atoms with Gasteiger partial charge in [-0.2, -0.15) is 12.6 Å². The number of nitrogens with one attached hydrogen (secondary N) is 5. The maximum atomic E-state index is 15.7. The summed E-state index contributed by atoms with van der Waals surface area (Å²) in [7, 11) is -4.89. The Kier molecular flexibility index (Phi) is 35.0. The summed E-state index contributed by atoms with van der Waals surface area (Å²) in [6, 6.07) is -5.54. The highest BCUT2D eigenvalue weighted by atomic mass is 32.2. The zero-order valence-electron chi connectivity index (χ0n) is 48.0. The Hall–Kier alpha value is -6.86.